The van der Waals surface area contributed by atoms with Gasteiger partial charge >= 0.3 is 6.03 Å². The summed E-state index contributed by atoms with van der Waals surface area (Å²) in [7, 11) is -3.93. The van der Waals surface area contributed by atoms with E-state index in [1.54, 1.807) is 0 Å². The topological polar surface area (TPSA) is 105 Å². The summed E-state index contributed by atoms with van der Waals surface area (Å²) in [6.45, 7) is 2.98. The van der Waals surface area contributed by atoms with Crippen LogP contribution in [0.3, 0.4) is 0 Å². The van der Waals surface area contributed by atoms with E-state index in [0.717, 1.165) is 36.1 Å². The Hall–Kier alpha value is -2.36. The highest BCUT2D eigenvalue weighted by molar-refractivity contribution is 7.91. The lowest BCUT2D eigenvalue weighted by molar-refractivity contribution is 0.0782. The number of halogens is 2. The average molecular weight is 450 g/mol. The van der Waals surface area contributed by atoms with Gasteiger partial charge in [0.1, 0.15) is 21.5 Å². The molecule has 2 amide bonds. The summed E-state index contributed by atoms with van der Waals surface area (Å²) in [5.74, 6) is -1.07. The van der Waals surface area contributed by atoms with Gasteiger partial charge in [-0.3, -0.25) is 0 Å². The van der Waals surface area contributed by atoms with Crippen molar-refractivity contribution in [3.05, 3.63) is 57.7 Å². The summed E-state index contributed by atoms with van der Waals surface area (Å²) in [5.41, 5.74) is 2.22. The number of amides is 2. The largest absolute Gasteiger partial charge is 0.386 e. The number of nitrogens with one attached hydrogen (secondary N) is 1. The van der Waals surface area contributed by atoms with Crippen LogP contribution in [0, 0.1) is 11.6 Å². The molecule has 1 atom stereocenters. The molecule has 0 aliphatic heterocycles. The molecule has 0 heterocycles. The monoisotopic (exact) mass is 449 g/mol. The van der Waals surface area contributed by atoms with Crippen molar-refractivity contribution in [1.29, 1.82) is 0 Å². The normalized spacial score (nSPS) is 17.1. The molecule has 2 aliphatic rings. The van der Waals surface area contributed by atoms with Crippen LogP contribution in [-0.2, 0) is 41.2 Å². The number of hydrogen-bond donors (Lipinski definition) is 3. The zero-order chi connectivity index (χ0) is 22.6. The van der Waals surface area contributed by atoms with Crippen LogP contribution in [0.5, 0.6) is 0 Å². The van der Waals surface area contributed by atoms with Crippen molar-refractivity contribution in [2.24, 2.45) is 9.50 Å². The highest BCUT2D eigenvalue weighted by Gasteiger charge is 2.30. The van der Waals surface area contributed by atoms with Gasteiger partial charge in [0.2, 0.25) is 0 Å². The lowest BCUT2D eigenvalue weighted by Crippen LogP contribution is -2.22. The van der Waals surface area contributed by atoms with Gasteiger partial charge in [-0.2, -0.15) is 0 Å². The summed E-state index contributed by atoms with van der Waals surface area (Å²) in [5, 5.41) is 18.6. The third kappa shape index (κ3) is 3.97. The van der Waals surface area contributed by atoms with Crippen LogP contribution in [0.1, 0.15) is 54.5 Å². The summed E-state index contributed by atoms with van der Waals surface area (Å²) in [6.07, 6.45) is 4.06. The van der Waals surface area contributed by atoms with Gasteiger partial charge in [0.05, 0.1) is 10.5 Å². The van der Waals surface area contributed by atoms with Crippen molar-refractivity contribution in [3.63, 3.8) is 0 Å². The van der Waals surface area contributed by atoms with E-state index >= 15 is 0 Å². The van der Waals surface area contributed by atoms with Gasteiger partial charge in [0.25, 0.3) is 0 Å². The Balaban J connectivity index is 1.72. The molecule has 4 rings (SSSR count). The zero-order valence-corrected chi connectivity index (χ0v) is 18.2. The molecule has 0 radical (unpaired) electrons. The first kappa shape index (κ1) is 21.9. The van der Waals surface area contributed by atoms with Crippen molar-refractivity contribution in [1.82, 2.24) is 0 Å². The number of nitrogens with two attached hydrogens (primary N) is 1. The quantitative estimate of drug-likeness (QED) is 0.657. The maximum absolute atomic E-state index is 14.8. The standard InChI is InChI=1S/C22H25F2N3O3S/c1-22(2,29)12-9-10-17(23)18(11-12)31(25,30)27-21(28)26-20-15-7-3-5-13(15)19(24)14-6-4-8-16(14)20/h9-11,29H,3-8H2,1-2H3,(H3,25,26,27,28,30)/t31-/m0/s1. The molecule has 31 heavy (non-hydrogen) atoms. The summed E-state index contributed by atoms with van der Waals surface area (Å²) in [4.78, 5) is 12.2. The summed E-state index contributed by atoms with van der Waals surface area (Å²) in [6, 6.07) is 2.55. The van der Waals surface area contributed by atoms with Gasteiger partial charge in [-0.15, -0.1) is 4.36 Å². The molecular formula is C22H25F2N3O3S. The molecule has 0 fully saturated rings. The second-order valence-corrected chi connectivity index (χ2v) is 10.4. The number of carbonyl (C=O) groups excluding carboxylic acids is 1. The van der Waals surface area contributed by atoms with E-state index in [2.05, 4.69) is 9.68 Å². The molecule has 4 N–H and O–H groups in total. The van der Waals surface area contributed by atoms with Crippen LogP contribution in [0.25, 0.3) is 0 Å². The first-order valence-corrected chi connectivity index (χ1v) is 11.8. The Kier molecular flexibility index (Phi) is 5.39. The number of benzene rings is 2. The van der Waals surface area contributed by atoms with Crippen molar-refractivity contribution in [3.8, 4) is 0 Å². The fourth-order valence-electron chi connectivity index (χ4n) is 4.45. The first-order chi connectivity index (χ1) is 14.5. The van der Waals surface area contributed by atoms with E-state index in [1.165, 1.54) is 19.9 Å². The van der Waals surface area contributed by atoms with E-state index in [4.69, 9.17) is 5.14 Å². The molecule has 2 aromatic rings. The van der Waals surface area contributed by atoms with Gasteiger partial charge in [0, 0.05) is 5.69 Å². The Morgan fingerprint density at radius 2 is 1.65 bits per heavy atom. The molecule has 0 spiro atoms. The number of urea groups is 1. The number of carbonyl (C=O) groups is 1. The number of fused-ring (bicyclic) bond motifs is 2. The second kappa shape index (κ2) is 7.65. The van der Waals surface area contributed by atoms with Gasteiger partial charge in [-0.25, -0.2) is 22.9 Å². The van der Waals surface area contributed by atoms with Crippen LogP contribution in [0.15, 0.2) is 27.5 Å². The number of anilines is 1. The van der Waals surface area contributed by atoms with E-state index in [9.17, 15) is 22.9 Å². The van der Waals surface area contributed by atoms with Crippen molar-refractivity contribution < 1.29 is 22.9 Å². The molecule has 0 saturated carbocycles. The lowest BCUT2D eigenvalue weighted by Gasteiger charge is -2.19. The average Bonchev–Trinajstić information content (AvgIpc) is 3.34. The summed E-state index contributed by atoms with van der Waals surface area (Å²) >= 11 is 0. The molecule has 166 valence electrons. The Bertz CT molecular complexity index is 1180. The van der Waals surface area contributed by atoms with E-state index in [-0.39, 0.29) is 11.4 Å². The van der Waals surface area contributed by atoms with Crippen molar-refractivity contribution >= 4 is 21.6 Å². The minimum absolute atomic E-state index is 0.178. The van der Waals surface area contributed by atoms with Crippen molar-refractivity contribution in [2.75, 3.05) is 5.32 Å². The zero-order valence-electron chi connectivity index (χ0n) is 17.4. The molecule has 6 nitrogen and oxygen atoms in total. The van der Waals surface area contributed by atoms with Crippen LogP contribution >= 0.6 is 0 Å². The molecule has 0 aromatic heterocycles. The fraction of sp³-hybridized carbons (Fsp3) is 0.409. The Morgan fingerprint density at radius 1 is 1.10 bits per heavy atom. The van der Waals surface area contributed by atoms with Crippen LogP contribution in [-0.4, -0.2) is 15.3 Å². The predicted molar refractivity (Wildman–Crippen MR) is 114 cm³/mol. The van der Waals surface area contributed by atoms with Gasteiger partial charge < -0.3 is 10.4 Å². The number of rotatable bonds is 3. The minimum atomic E-state index is -3.93. The predicted octanol–water partition coefficient (Wildman–Crippen LogP) is 4.10. The first-order valence-electron chi connectivity index (χ1n) is 10.2. The van der Waals surface area contributed by atoms with Crippen LogP contribution < -0.4 is 10.5 Å². The SMILES string of the molecule is CC(C)(O)c1ccc(F)c([S@@](N)(=O)=NC(=O)Nc2c3c(c(F)c4c2CCC4)CCC3)c1. The molecule has 9 heteroatoms. The second-order valence-electron chi connectivity index (χ2n) is 8.60. The third-order valence-corrected chi connectivity index (χ3v) is 7.35. The maximum Gasteiger partial charge on any atom is 0.354 e. The third-order valence-electron chi connectivity index (χ3n) is 5.97. The molecule has 2 aromatic carbocycles. The molecule has 0 bridgehead atoms. The van der Waals surface area contributed by atoms with Crippen molar-refractivity contribution in [2.45, 2.75) is 62.9 Å². The Labute approximate surface area is 180 Å². The molecule has 0 saturated heterocycles. The fourth-order valence-corrected chi connectivity index (χ4v) is 5.48. The number of aliphatic hydroxyl groups is 1. The van der Waals surface area contributed by atoms with Crippen LogP contribution in [0.2, 0.25) is 0 Å². The highest BCUT2D eigenvalue weighted by Crippen LogP contribution is 2.41. The lowest BCUT2D eigenvalue weighted by atomic mass is 9.98. The maximum atomic E-state index is 14.8. The molecule has 2 aliphatic carbocycles. The number of nitrogens with zero attached hydrogens (tertiary/aromatic N) is 1. The summed E-state index contributed by atoms with van der Waals surface area (Å²) < 4.78 is 45.7. The van der Waals surface area contributed by atoms with E-state index in [1.807, 2.05) is 0 Å². The molecular weight excluding hydrogens is 424 g/mol. The smallest absolute Gasteiger partial charge is 0.354 e. The van der Waals surface area contributed by atoms with E-state index < -0.39 is 32.3 Å². The van der Waals surface area contributed by atoms with Gasteiger partial charge in [-0.05, 0) is 92.3 Å². The van der Waals surface area contributed by atoms with Crippen LogP contribution in [0.4, 0.5) is 19.3 Å². The van der Waals surface area contributed by atoms with Gasteiger partial charge in [0.15, 0.2) is 0 Å². The minimum Gasteiger partial charge on any atom is -0.386 e. The van der Waals surface area contributed by atoms with E-state index in [0.29, 0.717) is 42.5 Å². The molecule has 0 unspecified atom stereocenters. The van der Waals surface area contributed by atoms with Gasteiger partial charge in [-0.1, -0.05) is 6.07 Å². The number of hydrogen-bond acceptors (Lipinski definition) is 3. The Morgan fingerprint density at radius 3 is 2.19 bits per heavy atom. The highest BCUT2D eigenvalue weighted by atomic mass is 32.2.